The fraction of sp³-hybridized carbons (Fsp3) is 0.333. The van der Waals surface area contributed by atoms with E-state index in [2.05, 4.69) is 11.0 Å². The van der Waals surface area contributed by atoms with Crippen LogP contribution in [0.4, 0.5) is 0 Å². The van der Waals surface area contributed by atoms with Crippen LogP contribution in [0.3, 0.4) is 0 Å². The molecule has 0 amide bonds. The van der Waals surface area contributed by atoms with E-state index in [1.807, 2.05) is 74.5 Å². The molecule has 0 atom stereocenters. The van der Waals surface area contributed by atoms with Gasteiger partial charge < -0.3 is 14.9 Å². The van der Waals surface area contributed by atoms with Crippen LogP contribution in [0.5, 0.6) is 5.75 Å². The van der Waals surface area contributed by atoms with E-state index in [-0.39, 0.29) is 12.0 Å². The first-order valence-electron chi connectivity index (χ1n) is 12.5. The molecule has 3 aromatic carbocycles. The van der Waals surface area contributed by atoms with Gasteiger partial charge in [-0.2, -0.15) is 0 Å². The number of hydrogen-bond donors (Lipinski definition) is 2. The van der Waals surface area contributed by atoms with E-state index >= 15 is 0 Å². The average Bonchev–Trinajstić information content (AvgIpc) is 2.90. The number of carboxylic acids is 2. The maximum Gasteiger partial charge on any atom is 0.335 e. The molecule has 0 heterocycles. The fourth-order valence-electron chi connectivity index (χ4n) is 3.76. The van der Waals surface area contributed by atoms with E-state index < -0.39 is 11.9 Å². The van der Waals surface area contributed by atoms with Crippen LogP contribution in [0, 0.1) is 0 Å². The number of para-hydroxylation sites is 1. The summed E-state index contributed by atoms with van der Waals surface area (Å²) in [6.07, 6.45) is 2.36. The molecule has 6 heteroatoms. The monoisotopic (exact) mass is 491 g/mol. The van der Waals surface area contributed by atoms with Crippen LogP contribution in [0.25, 0.3) is 0 Å². The number of ether oxygens (including phenoxy) is 1. The van der Waals surface area contributed by atoms with Crippen molar-refractivity contribution >= 4 is 11.9 Å². The SMILES string of the molecule is CC.O=C(O)CCCCN(CCc1ccccc1OCc1ccccc1)Cc1ccc(C(=O)O)cc1. The van der Waals surface area contributed by atoms with Gasteiger partial charge >= 0.3 is 11.9 Å². The van der Waals surface area contributed by atoms with Crippen molar-refractivity contribution < 1.29 is 24.5 Å². The number of benzene rings is 3. The molecule has 0 unspecified atom stereocenters. The van der Waals surface area contributed by atoms with Gasteiger partial charge in [0, 0.05) is 19.5 Å². The van der Waals surface area contributed by atoms with Gasteiger partial charge in [-0.15, -0.1) is 0 Å². The predicted molar refractivity (Wildman–Crippen MR) is 142 cm³/mol. The van der Waals surface area contributed by atoms with Crippen LogP contribution in [0.15, 0.2) is 78.9 Å². The largest absolute Gasteiger partial charge is 0.489 e. The number of rotatable bonds is 14. The molecule has 0 saturated heterocycles. The van der Waals surface area contributed by atoms with Gasteiger partial charge in [0.1, 0.15) is 12.4 Å². The number of nitrogens with zero attached hydrogens (tertiary/aromatic N) is 1. The summed E-state index contributed by atoms with van der Waals surface area (Å²) in [4.78, 5) is 24.3. The molecule has 0 radical (unpaired) electrons. The third-order valence-electron chi connectivity index (χ3n) is 5.63. The Bertz CT molecular complexity index is 1050. The van der Waals surface area contributed by atoms with Gasteiger partial charge in [0.05, 0.1) is 5.56 Å². The van der Waals surface area contributed by atoms with Gasteiger partial charge in [-0.3, -0.25) is 9.69 Å². The topological polar surface area (TPSA) is 87.1 Å². The zero-order valence-corrected chi connectivity index (χ0v) is 21.2. The Morgan fingerprint density at radius 2 is 1.44 bits per heavy atom. The molecule has 0 bridgehead atoms. The first-order valence-corrected chi connectivity index (χ1v) is 12.5. The second kappa shape index (κ2) is 16.1. The summed E-state index contributed by atoms with van der Waals surface area (Å²) in [6.45, 7) is 6.72. The first-order chi connectivity index (χ1) is 17.5. The molecule has 36 heavy (non-hydrogen) atoms. The van der Waals surface area contributed by atoms with Gasteiger partial charge in [-0.05, 0) is 60.7 Å². The highest BCUT2D eigenvalue weighted by Gasteiger charge is 2.11. The van der Waals surface area contributed by atoms with Crippen LogP contribution in [0.2, 0.25) is 0 Å². The van der Waals surface area contributed by atoms with Crippen LogP contribution in [-0.4, -0.2) is 40.1 Å². The maximum atomic E-state index is 11.1. The summed E-state index contributed by atoms with van der Waals surface area (Å²) >= 11 is 0. The van der Waals surface area contributed by atoms with Crippen LogP contribution < -0.4 is 4.74 Å². The Balaban J connectivity index is 0.00000222. The van der Waals surface area contributed by atoms with Crippen molar-refractivity contribution in [2.24, 2.45) is 0 Å². The van der Waals surface area contributed by atoms with Crippen molar-refractivity contribution in [2.75, 3.05) is 13.1 Å². The maximum absolute atomic E-state index is 11.1. The van der Waals surface area contributed by atoms with Gasteiger partial charge in [-0.1, -0.05) is 74.5 Å². The van der Waals surface area contributed by atoms with Crippen molar-refractivity contribution in [3.05, 3.63) is 101 Å². The second-order valence-corrected chi connectivity index (χ2v) is 8.26. The van der Waals surface area contributed by atoms with Crippen molar-refractivity contribution in [1.82, 2.24) is 4.90 Å². The zero-order chi connectivity index (χ0) is 26.2. The molecular formula is C30H37NO5. The van der Waals surface area contributed by atoms with E-state index in [0.717, 1.165) is 48.4 Å². The average molecular weight is 492 g/mol. The quantitative estimate of drug-likeness (QED) is 0.258. The minimum atomic E-state index is -0.941. The molecule has 0 fully saturated rings. The molecule has 3 rings (SSSR count). The summed E-state index contributed by atoms with van der Waals surface area (Å²) in [5.41, 5.74) is 3.52. The molecule has 2 N–H and O–H groups in total. The molecule has 3 aromatic rings. The zero-order valence-electron chi connectivity index (χ0n) is 21.2. The van der Waals surface area contributed by atoms with E-state index in [0.29, 0.717) is 19.6 Å². The van der Waals surface area contributed by atoms with E-state index in [9.17, 15) is 9.59 Å². The predicted octanol–water partition coefficient (Wildman–Crippen LogP) is 6.29. The lowest BCUT2D eigenvalue weighted by Gasteiger charge is -2.23. The third-order valence-corrected chi connectivity index (χ3v) is 5.63. The number of carbonyl (C=O) groups is 2. The third kappa shape index (κ3) is 10.3. The normalized spacial score (nSPS) is 10.4. The van der Waals surface area contributed by atoms with Crippen LogP contribution in [0.1, 0.15) is 60.2 Å². The molecule has 0 spiro atoms. The van der Waals surface area contributed by atoms with Gasteiger partial charge in [0.2, 0.25) is 0 Å². The number of aromatic carboxylic acids is 1. The molecule has 0 saturated carbocycles. The molecule has 0 aliphatic carbocycles. The van der Waals surface area contributed by atoms with Crippen molar-refractivity contribution in [3.8, 4) is 5.75 Å². The van der Waals surface area contributed by atoms with Gasteiger partial charge in [0.15, 0.2) is 0 Å². The standard InChI is InChI=1S/C28H31NO5.C2H6/c30-27(31)12-6-7-18-29(20-22-13-15-25(16-14-22)28(32)33)19-17-24-10-4-5-11-26(24)34-21-23-8-2-1-3-9-23;1-2/h1-5,8-11,13-16H,6-7,12,17-21H2,(H,30,31)(H,32,33);1-2H3. The Hall–Kier alpha value is -3.64. The highest BCUT2D eigenvalue weighted by atomic mass is 16.5. The van der Waals surface area contributed by atoms with Crippen LogP contribution >= 0.6 is 0 Å². The smallest absolute Gasteiger partial charge is 0.335 e. The lowest BCUT2D eigenvalue weighted by atomic mass is 10.1. The number of aliphatic carboxylic acids is 1. The highest BCUT2D eigenvalue weighted by Crippen LogP contribution is 2.21. The summed E-state index contributed by atoms with van der Waals surface area (Å²) in [5.74, 6) is -0.854. The Morgan fingerprint density at radius 3 is 2.11 bits per heavy atom. The summed E-state index contributed by atoms with van der Waals surface area (Å²) in [6, 6.07) is 25.0. The minimum Gasteiger partial charge on any atom is -0.489 e. The summed E-state index contributed by atoms with van der Waals surface area (Å²) < 4.78 is 6.09. The summed E-state index contributed by atoms with van der Waals surface area (Å²) in [5, 5.41) is 18.1. The molecule has 0 aliphatic rings. The van der Waals surface area contributed by atoms with Crippen LogP contribution in [-0.2, 0) is 24.4 Å². The van der Waals surface area contributed by atoms with Gasteiger partial charge in [-0.25, -0.2) is 4.79 Å². The Morgan fingerprint density at radius 1 is 0.778 bits per heavy atom. The minimum absolute atomic E-state index is 0.164. The molecule has 6 nitrogen and oxygen atoms in total. The van der Waals surface area contributed by atoms with Crippen molar-refractivity contribution in [1.29, 1.82) is 0 Å². The molecule has 192 valence electrons. The van der Waals surface area contributed by atoms with E-state index in [1.54, 1.807) is 12.1 Å². The second-order valence-electron chi connectivity index (χ2n) is 8.26. The fourth-order valence-corrected chi connectivity index (χ4v) is 3.76. The Kier molecular flexibility index (Phi) is 12.8. The van der Waals surface area contributed by atoms with Crippen molar-refractivity contribution in [3.63, 3.8) is 0 Å². The molecular weight excluding hydrogens is 454 g/mol. The lowest BCUT2D eigenvalue weighted by Crippen LogP contribution is -2.27. The Labute approximate surface area is 214 Å². The highest BCUT2D eigenvalue weighted by molar-refractivity contribution is 5.87. The van der Waals surface area contributed by atoms with E-state index in [1.165, 1.54) is 0 Å². The van der Waals surface area contributed by atoms with Crippen molar-refractivity contribution in [2.45, 2.75) is 52.7 Å². The number of carboxylic acid groups (broad SMARTS) is 2. The lowest BCUT2D eigenvalue weighted by molar-refractivity contribution is -0.137. The molecule has 0 aliphatic heterocycles. The number of hydrogen-bond acceptors (Lipinski definition) is 4. The molecule has 0 aromatic heterocycles. The van der Waals surface area contributed by atoms with Gasteiger partial charge in [0.25, 0.3) is 0 Å². The summed E-state index contributed by atoms with van der Waals surface area (Å²) in [7, 11) is 0. The van der Waals surface area contributed by atoms with E-state index in [4.69, 9.17) is 14.9 Å². The first kappa shape index (κ1) is 28.6. The number of unbranched alkanes of at least 4 members (excludes halogenated alkanes) is 1.